The standard InChI is InChI=1S/2C50H32O/c1-4-16-33(17-5-1)36-30-37(34-18-6-2-7-19-34)32-38(31-36)39-26-14-28-45-49(39)50-44(27-15-29-46(50)51-45)48-42-24-12-10-22-40(42)47(35-20-8-3-9-21-35)41-23-11-13-25-43(41)48;1-3-14-33(15-4-1)34-26-28-35(29-27-34)38-18-7-8-19-39(38)37-30-31-46-45(32-37)50-44(24-13-25-47(50)51-46)49-42-22-11-9-20-40(42)48(36-16-5-2-6-17-36)41-21-10-12-23-43(41)49/h2*1-32H/i3D,8D,9D,10D,11D,12D,13D,20D,21D,22D,23D,24D,25D;2D,5D,6D,9D,10D,11D,12D,16D,17D,20D,21D,22D,23D. The number of hydrogen-bond acceptors (Lipinski definition) is 2. The van der Waals surface area contributed by atoms with Gasteiger partial charge in [0.25, 0.3) is 0 Å². The van der Waals surface area contributed by atoms with Crippen LogP contribution in [0, 0.1) is 0 Å². The van der Waals surface area contributed by atoms with E-state index in [1.807, 2.05) is 140 Å². The quantitative estimate of drug-likeness (QED) is 0.128. The van der Waals surface area contributed by atoms with Crippen molar-refractivity contribution in [2.24, 2.45) is 0 Å². The van der Waals surface area contributed by atoms with Gasteiger partial charge in [-0.3, -0.25) is 0 Å². The molecule has 2 nitrogen and oxygen atoms in total. The number of rotatable bonds is 10. The molecule has 0 N–H and O–H groups in total. The first kappa shape index (κ1) is 38.7. The Labute approximate surface area is 628 Å². The van der Waals surface area contributed by atoms with Gasteiger partial charge in [0, 0.05) is 21.5 Å². The maximum atomic E-state index is 9.51. The Bertz CT molecular complexity index is 7960. The molecule has 0 spiro atoms. The molecule has 20 aromatic rings. The highest BCUT2D eigenvalue weighted by atomic mass is 16.3. The van der Waals surface area contributed by atoms with Crippen LogP contribution in [-0.2, 0) is 0 Å². The van der Waals surface area contributed by atoms with Crippen molar-refractivity contribution in [2.75, 3.05) is 0 Å². The molecule has 0 radical (unpaired) electrons. The number of fused-ring (bicyclic) bond motifs is 10. The molecule has 18 aromatic carbocycles. The lowest BCUT2D eigenvalue weighted by Gasteiger charge is -2.18. The Kier molecular flexibility index (Phi) is 9.66. The molecule has 2 heterocycles. The van der Waals surface area contributed by atoms with Gasteiger partial charge in [0.1, 0.15) is 22.3 Å². The smallest absolute Gasteiger partial charge is 0.136 e. The van der Waals surface area contributed by atoms with Crippen molar-refractivity contribution in [3.05, 3.63) is 388 Å². The largest absolute Gasteiger partial charge is 0.456 e. The van der Waals surface area contributed by atoms with E-state index < -0.39 is 168 Å². The first-order valence-electron chi connectivity index (χ1n) is 45.9. The molecule has 0 aliphatic rings. The third kappa shape index (κ3) is 10.4. The Morgan fingerprint density at radius 2 is 0.480 bits per heavy atom. The predicted octanol–water partition coefficient (Wildman–Crippen LogP) is 28.5. The van der Waals surface area contributed by atoms with E-state index in [4.69, 9.17) is 33.5 Å². The molecule has 20 rings (SSSR count). The molecular weight excluding hydrogens is 1230 g/mol. The van der Waals surface area contributed by atoms with Gasteiger partial charge in [-0.1, -0.05) is 339 Å². The van der Waals surface area contributed by atoms with Crippen LogP contribution in [0.4, 0.5) is 0 Å². The SMILES string of the molecule is [2H]c1c([2H])c([2H])c(-c2c3c([2H])c([2H])c([2H])c([2H])c3c(-c3cccc4oc5ccc(-c6ccccc6-c6ccc(-c7ccccc7)cc6)cc5c34)c3c([2H])c([2H])c([2H])c([2H])c23)c([2H])c1[2H].[2H]c1c([2H])c([2H])c(-c2c3c([2H])c([2H])c([2H])c([2H])c3c(-c3cccc4oc5cccc(-c6cc(-c7ccccc7)cc(-c7ccccc7)c6)c5c34)c3c([2H])c([2H])c([2H])c([2H])c23)c([2H])c1[2H]. The van der Waals surface area contributed by atoms with Crippen LogP contribution in [0.1, 0.15) is 35.6 Å². The summed E-state index contributed by atoms with van der Waals surface area (Å²) < 4.78 is 246. The molecule has 2 heteroatoms. The van der Waals surface area contributed by atoms with Gasteiger partial charge in [-0.2, -0.15) is 0 Å². The Morgan fingerprint density at radius 1 is 0.167 bits per heavy atom. The van der Waals surface area contributed by atoms with Crippen molar-refractivity contribution < 1.29 is 44.5 Å². The molecule has 0 amide bonds. The van der Waals surface area contributed by atoms with Gasteiger partial charge >= 0.3 is 0 Å². The summed E-state index contributed by atoms with van der Waals surface area (Å²) in [6, 6.07) is 57.4. The zero-order chi connectivity index (χ0) is 90.1. The van der Waals surface area contributed by atoms with E-state index in [-0.39, 0.29) is 65.3 Å². The van der Waals surface area contributed by atoms with Crippen LogP contribution in [0.15, 0.2) is 396 Å². The van der Waals surface area contributed by atoms with Crippen LogP contribution in [0.3, 0.4) is 0 Å². The topological polar surface area (TPSA) is 26.3 Å². The zero-order valence-electron chi connectivity index (χ0n) is 79.8. The van der Waals surface area contributed by atoms with E-state index in [1.54, 1.807) is 36.4 Å². The summed E-state index contributed by atoms with van der Waals surface area (Å²) in [7, 11) is 0. The lowest BCUT2D eigenvalue weighted by atomic mass is 9.84. The molecule has 0 unspecified atom stereocenters. The van der Waals surface area contributed by atoms with E-state index >= 15 is 0 Å². The first-order valence-corrected chi connectivity index (χ1v) is 32.9. The minimum Gasteiger partial charge on any atom is -0.456 e. The third-order valence-corrected chi connectivity index (χ3v) is 18.8. The zero-order valence-corrected chi connectivity index (χ0v) is 53.8. The fourth-order valence-corrected chi connectivity index (χ4v) is 14.4. The highest BCUT2D eigenvalue weighted by molar-refractivity contribution is 6.28. The summed E-state index contributed by atoms with van der Waals surface area (Å²) in [5.41, 5.74) is 12.3. The Hall–Kier alpha value is -13.4. The van der Waals surface area contributed by atoms with Crippen molar-refractivity contribution >= 4 is 87.0 Å². The van der Waals surface area contributed by atoms with Crippen molar-refractivity contribution in [3.8, 4) is 111 Å². The normalized spacial score (nSPS) is 15.1. The summed E-state index contributed by atoms with van der Waals surface area (Å²) in [4.78, 5) is 0. The maximum Gasteiger partial charge on any atom is 0.136 e. The predicted molar refractivity (Wildman–Crippen MR) is 432 cm³/mol. The number of furan rings is 2. The fourth-order valence-electron chi connectivity index (χ4n) is 14.4. The second-order valence-electron chi connectivity index (χ2n) is 24.5. The highest BCUT2D eigenvalue weighted by Crippen LogP contribution is 2.51. The van der Waals surface area contributed by atoms with Gasteiger partial charge in [0.2, 0.25) is 0 Å². The van der Waals surface area contributed by atoms with Gasteiger partial charge in [0.15, 0.2) is 0 Å². The second kappa shape index (κ2) is 25.5. The van der Waals surface area contributed by atoms with Gasteiger partial charge in [0.05, 0.1) is 35.6 Å². The van der Waals surface area contributed by atoms with Gasteiger partial charge in [-0.05, 0) is 203 Å². The van der Waals surface area contributed by atoms with Crippen LogP contribution in [-0.4, -0.2) is 0 Å². The Morgan fingerprint density at radius 3 is 0.941 bits per heavy atom. The van der Waals surface area contributed by atoms with Crippen LogP contribution in [0.2, 0.25) is 0 Å². The van der Waals surface area contributed by atoms with Gasteiger partial charge in [-0.25, -0.2) is 0 Å². The van der Waals surface area contributed by atoms with Gasteiger partial charge in [-0.15, -0.1) is 0 Å². The summed E-state index contributed by atoms with van der Waals surface area (Å²) in [6.45, 7) is 0. The molecule has 0 aliphatic carbocycles. The van der Waals surface area contributed by atoms with Crippen LogP contribution < -0.4 is 0 Å². The molecule has 0 fully saturated rings. The molecule has 476 valence electrons. The van der Waals surface area contributed by atoms with Gasteiger partial charge < -0.3 is 8.83 Å². The van der Waals surface area contributed by atoms with Crippen LogP contribution in [0.5, 0.6) is 0 Å². The molecule has 2 aromatic heterocycles. The average Bonchev–Trinajstić information content (AvgIpc) is 0.979. The van der Waals surface area contributed by atoms with E-state index in [1.165, 1.54) is 0 Å². The second-order valence-corrected chi connectivity index (χ2v) is 24.5. The average molecular weight is 1320 g/mol. The van der Waals surface area contributed by atoms with Crippen molar-refractivity contribution in [3.63, 3.8) is 0 Å². The highest BCUT2D eigenvalue weighted by Gasteiger charge is 2.25. The Balaban J connectivity index is 0.000000167. The van der Waals surface area contributed by atoms with Crippen molar-refractivity contribution in [1.29, 1.82) is 0 Å². The molecular formula is C100H64O2. The monoisotopic (exact) mass is 1320 g/mol. The molecule has 0 aliphatic heterocycles. The molecule has 0 atom stereocenters. The summed E-state index contributed by atoms with van der Waals surface area (Å²) in [6.07, 6.45) is 0. The lowest BCUT2D eigenvalue weighted by molar-refractivity contribution is 0.668. The molecule has 0 saturated heterocycles. The van der Waals surface area contributed by atoms with E-state index in [9.17, 15) is 11.0 Å². The summed E-state index contributed by atoms with van der Waals surface area (Å²) in [5, 5.41) is 0.522. The first-order chi connectivity index (χ1) is 61.4. The number of benzene rings is 18. The number of hydrogen-bond donors (Lipinski definition) is 0. The van der Waals surface area contributed by atoms with Crippen molar-refractivity contribution in [1.82, 2.24) is 0 Å². The van der Waals surface area contributed by atoms with Crippen LogP contribution in [0.25, 0.3) is 198 Å². The van der Waals surface area contributed by atoms with E-state index in [0.29, 0.717) is 55.0 Å². The van der Waals surface area contributed by atoms with E-state index in [2.05, 4.69) is 54.6 Å². The van der Waals surface area contributed by atoms with Crippen LogP contribution >= 0.6 is 0 Å². The maximum absolute atomic E-state index is 9.51. The summed E-state index contributed by atoms with van der Waals surface area (Å²) in [5.74, 6) is 0. The fraction of sp³-hybridized carbons (Fsp3) is 0. The van der Waals surface area contributed by atoms with Crippen molar-refractivity contribution in [2.45, 2.75) is 0 Å². The third-order valence-electron chi connectivity index (χ3n) is 18.8. The molecule has 0 bridgehead atoms. The lowest BCUT2D eigenvalue weighted by Crippen LogP contribution is -1.91. The minimum absolute atomic E-state index is 0.0335. The van der Waals surface area contributed by atoms with E-state index in [0.717, 1.165) is 66.8 Å². The summed E-state index contributed by atoms with van der Waals surface area (Å²) >= 11 is 0. The molecule has 0 saturated carbocycles. The minimum atomic E-state index is -0.725. The molecule has 102 heavy (non-hydrogen) atoms.